The summed E-state index contributed by atoms with van der Waals surface area (Å²) in [7, 11) is 0. The summed E-state index contributed by atoms with van der Waals surface area (Å²) in [5.41, 5.74) is 0. The molecule has 3 rings (SSSR count). The minimum atomic E-state index is -0.844. The number of carboxylic acid groups (broad SMARTS) is 1. The van der Waals surface area contributed by atoms with Gasteiger partial charge in [0.25, 0.3) is 0 Å². The van der Waals surface area contributed by atoms with E-state index in [-0.39, 0.29) is 17.9 Å². The molecule has 0 aliphatic heterocycles. The van der Waals surface area contributed by atoms with Gasteiger partial charge in [-0.2, -0.15) is 0 Å². The second kappa shape index (κ2) is 5.92. The highest BCUT2D eigenvalue weighted by Crippen LogP contribution is 2.38. The van der Waals surface area contributed by atoms with Crippen molar-refractivity contribution in [2.45, 2.75) is 51.1 Å². The highest BCUT2D eigenvalue weighted by atomic mass is 16.4. The van der Waals surface area contributed by atoms with Crippen LogP contribution in [0.5, 0.6) is 0 Å². The van der Waals surface area contributed by atoms with Gasteiger partial charge < -0.3 is 14.4 Å². The Labute approximate surface area is 123 Å². The topological polar surface area (TPSA) is 70.8 Å². The summed E-state index contributed by atoms with van der Waals surface area (Å²) in [4.78, 5) is 25.8. The first-order valence-corrected chi connectivity index (χ1v) is 7.72. The van der Waals surface area contributed by atoms with Crippen LogP contribution >= 0.6 is 0 Å². The van der Waals surface area contributed by atoms with Gasteiger partial charge in [0, 0.05) is 6.04 Å². The van der Waals surface area contributed by atoms with Gasteiger partial charge in [0.2, 0.25) is 5.91 Å². The van der Waals surface area contributed by atoms with Gasteiger partial charge in [-0.1, -0.05) is 12.8 Å². The number of furan rings is 1. The molecule has 1 aromatic rings. The third-order valence-electron chi connectivity index (χ3n) is 4.86. The van der Waals surface area contributed by atoms with E-state index in [1.165, 1.54) is 0 Å². The Kier molecular flexibility index (Phi) is 3.99. The molecule has 21 heavy (non-hydrogen) atoms. The molecule has 0 aromatic carbocycles. The molecule has 1 N–H and O–H groups in total. The molecule has 0 bridgehead atoms. The molecule has 2 atom stereocenters. The molecule has 1 amide bonds. The van der Waals surface area contributed by atoms with Gasteiger partial charge >= 0.3 is 5.97 Å². The van der Waals surface area contributed by atoms with Gasteiger partial charge in [0.1, 0.15) is 5.76 Å². The number of hydrogen-bond acceptors (Lipinski definition) is 3. The fraction of sp³-hybridized carbons (Fsp3) is 0.625. The third kappa shape index (κ3) is 2.82. The Hall–Kier alpha value is -1.78. The van der Waals surface area contributed by atoms with Crippen LogP contribution in [0.1, 0.15) is 44.3 Å². The lowest BCUT2D eigenvalue weighted by Crippen LogP contribution is -2.48. The average Bonchev–Trinajstić information content (AvgIpc) is 3.07. The Balaban J connectivity index is 1.74. The van der Waals surface area contributed by atoms with Gasteiger partial charge in [-0.15, -0.1) is 0 Å². The van der Waals surface area contributed by atoms with Crippen molar-refractivity contribution in [3.8, 4) is 0 Å². The molecule has 0 saturated heterocycles. The average molecular weight is 291 g/mol. The molecule has 2 aliphatic carbocycles. The molecule has 1 heterocycles. The SMILES string of the molecule is O=C(O)C1CCC1C(=O)N(Cc1ccco1)C1CCCC1. The van der Waals surface area contributed by atoms with Crippen molar-refractivity contribution >= 4 is 11.9 Å². The number of carboxylic acids is 1. The highest BCUT2D eigenvalue weighted by molar-refractivity contribution is 5.86. The van der Waals surface area contributed by atoms with Gasteiger partial charge in [0.05, 0.1) is 24.6 Å². The summed E-state index contributed by atoms with van der Waals surface area (Å²) >= 11 is 0. The minimum Gasteiger partial charge on any atom is -0.481 e. The van der Waals surface area contributed by atoms with Crippen LogP contribution in [0.3, 0.4) is 0 Å². The van der Waals surface area contributed by atoms with Crippen molar-refractivity contribution < 1.29 is 19.1 Å². The Bertz CT molecular complexity index is 504. The zero-order valence-corrected chi connectivity index (χ0v) is 12.0. The normalized spacial score (nSPS) is 25.5. The minimum absolute atomic E-state index is 0.00282. The number of hydrogen-bond donors (Lipinski definition) is 1. The van der Waals surface area contributed by atoms with Crippen LogP contribution in [0.2, 0.25) is 0 Å². The number of nitrogens with zero attached hydrogens (tertiary/aromatic N) is 1. The van der Waals surface area contributed by atoms with E-state index in [0.29, 0.717) is 19.4 Å². The molecular formula is C16H21NO4. The smallest absolute Gasteiger partial charge is 0.307 e. The number of carbonyl (C=O) groups excluding carboxylic acids is 1. The van der Waals surface area contributed by atoms with Crippen LogP contribution in [0, 0.1) is 11.8 Å². The summed E-state index contributed by atoms with van der Waals surface area (Å²) in [5, 5.41) is 9.17. The molecule has 2 saturated carbocycles. The lowest BCUT2D eigenvalue weighted by atomic mass is 9.72. The van der Waals surface area contributed by atoms with Crippen molar-refractivity contribution in [1.29, 1.82) is 0 Å². The standard InChI is InChI=1S/C16H21NO4/c18-15(13-7-8-14(13)16(19)20)17(11-4-1-2-5-11)10-12-6-3-9-21-12/h3,6,9,11,13-14H,1-2,4-5,7-8,10H2,(H,19,20). The van der Waals surface area contributed by atoms with Gasteiger partial charge in [0.15, 0.2) is 0 Å². The van der Waals surface area contributed by atoms with E-state index in [9.17, 15) is 9.59 Å². The summed E-state index contributed by atoms with van der Waals surface area (Å²) in [5.74, 6) is -0.932. The molecule has 2 unspecified atom stereocenters. The lowest BCUT2D eigenvalue weighted by Gasteiger charge is -2.38. The molecule has 2 fully saturated rings. The quantitative estimate of drug-likeness (QED) is 0.905. The van der Waals surface area contributed by atoms with E-state index < -0.39 is 11.9 Å². The molecule has 2 aliphatic rings. The predicted octanol–water partition coefficient (Wildman–Crippen LogP) is 2.66. The Morgan fingerprint density at radius 1 is 1.19 bits per heavy atom. The van der Waals surface area contributed by atoms with E-state index in [1.54, 1.807) is 6.26 Å². The van der Waals surface area contributed by atoms with Crippen molar-refractivity contribution in [1.82, 2.24) is 4.90 Å². The first kappa shape index (κ1) is 14.2. The second-order valence-corrected chi connectivity index (χ2v) is 6.11. The van der Waals surface area contributed by atoms with Gasteiger partial charge in [-0.3, -0.25) is 9.59 Å². The lowest BCUT2D eigenvalue weighted by molar-refractivity contribution is -0.158. The number of rotatable bonds is 5. The second-order valence-electron chi connectivity index (χ2n) is 6.11. The van der Waals surface area contributed by atoms with E-state index in [4.69, 9.17) is 9.52 Å². The van der Waals surface area contributed by atoms with Crippen molar-refractivity contribution in [3.63, 3.8) is 0 Å². The fourth-order valence-electron chi connectivity index (χ4n) is 3.48. The van der Waals surface area contributed by atoms with E-state index in [1.807, 2.05) is 17.0 Å². The number of aliphatic carboxylic acids is 1. The van der Waals surface area contributed by atoms with Gasteiger partial charge in [-0.05, 0) is 37.8 Å². The van der Waals surface area contributed by atoms with Crippen molar-refractivity contribution in [2.24, 2.45) is 11.8 Å². The van der Waals surface area contributed by atoms with Crippen LogP contribution in [-0.4, -0.2) is 27.9 Å². The molecule has 114 valence electrons. The first-order chi connectivity index (χ1) is 10.2. The summed E-state index contributed by atoms with van der Waals surface area (Å²) in [6, 6.07) is 3.92. The summed E-state index contributed by atoms with van der Waals surface area (Å²) in [6.45, 7) is 0.458. The summed E-state index contributed by atoms with van der Waals surface area (Å²) < 4.78 is 5.37. The summed E-state index contributed by atoms with van der Waals surface area (Å²) in [6.07, 6.45) is 7.21. The van der Waals surface area contributed by atoms with Gasteiger partial charge in [-0.25, -0.2) is 0 Å². The largest absolute Gasteiger partial charge is 0.481 e. The number of amides is 1. The number of carbonyl (C=O) groups is 2. The molecule has 5 nitrogen and oxygen atoms in total. The maximum atomic E-state index is 12.8. The molecule has 1 aromatic heterocycles. The van der Waals surface area contributed by atoms with Crippen molar-refractivity contribution in [2.75, 3.05) is 0 Å². The van der Waals surface area contributed by atoms with Crippen LogP contribution < -0.4 is 0 Å². The van der Waals surface area contributed by atoms with Crippen LogP contribution in [0.25, 0.3) is 0 Å². The van der Waals surface area contributed by atoms with Crippen LogP contribution in [-0.2, 0) is 16.1 Å². The van der Waals surface area contributed by atoms with Crippen LogP contribution in [0.4, 0.5) is 0 Å². The zero-order valence-electron chi connectivity index (χ0n) is 12.0. The monoisotopic (exact) mass is 291 g/mol. The molecule has 0 radical (unpaired) electrons. The first-order valence-electron chi connectivity index (χ1n) is 7.72. The van der Waals surface area contributed by atoms with Crippen LogP contribution in [0.15, 0.2) is 22.8 Å². The maximum absolute atomic E-state index is 12.8. The molecule has 5 heteroatoms. The highest BCUT2D eigenvalue weighted by Gasteiger charge is 2.44. The maximum Gasteiger partial charge on any atom is 0.307 e. The third-order valence-corrected chi connectivity index (χ3v) is 4.86. The Morgan fingerprint density at radius 2 is 1.90 bits per heavy atom. The van der Waals surface area contributed by atoms with E-state index in [2.05, 4.69) is 0 Å². The molecular weight excluding hydrogens is 270 g/mol. The van der Waals surface area contributed by atoms with E-state index in [0.717, 1.165) is 31.4 Å². The Morgan fingerprint density at radius 3 is 2.43 bits per heavy atom. The van der Waals surface area contributed by atoms with Crippen molar-refractivity contribution in [3.05, 3.63) is 24.2 Å². The zero-order chi connectivity index (χ0) is 14.8. The predicted molar refractivity (Wildman–Crippen MR) is 75.4 cm³/mol. The molecule has 0 spiro atoms. The fourth-order valence-corrected chi connectivity index (χ4v) is 3.48. The van der Waals surface area contributed by atoms with E-state index >= 15 is 0 Å².